The van der Waals surface area contributed by atoms with Gasteiger partial charge in [-0.05, 0) is 43.4 Å². The van der Waals surface area contributed by atoms with Crippen LogP contribution in [0.2, 0.25) is 0 Å². The first-order valence-corrected chi connectivity index (χ1v) is 41.3. The number of unbranched alkanes of at least 4 members (excludes halogenated alkanes) is 40. The van der Waals surface area contributed by atoms with Crippen molar-refractivity contribution in [3.05, 3.63) is 0 Å². The van der Waals surface area contributed by atoms with E-state index in [1.807, 2.05) is 0 Å². The Kier molecular flexibility index (Phi) is 63.4. The van der Waals surface area contributed by atoms with Gasteiger partial charge in [0.15, 0.2) is 12.2 Å². The zero-order valence-corrected chi connectivity index (χ0v) is 62.5. The molecule has 93 heavy (non-hydrogen) atoms. The summed E-state index contributed by atoms with van der Waals surface area (Å²) in [4.78, 5) is 72.6. The molecule has 552 valence electrons. The number of phosphoric ester groups is 2. The number of hydrogen-bond donors (Lipinski definition) is 3. The van der Waals surface area contributed by atoms with Crippen molar-refractivity contribution < 1.29 is 80.2 Å². The fourth-order valence-corrected chi connectivity index (χ4v) is 12.8. The van der Waals surface area contributed by atoms with Crippen LogP contribution in [-0.4, -0.2) is 96.7 Å². The first-order valence-electron chi connectivity index (χ1n) is 38.3. The maximum absolute atomic E-state index is 13.1. The van der Waals surface area contributed by atoms with Crippen molar-refractivity contribution in [3.8, 4) is 0 Å². The van der Waals surface area contributed by atoms with E-state index in [0.29, 0.717) is 37.5 Å². The van der Waals surface area contributed by atoms with Gasteiger partial charge in [-0.2, -0.15) is 0 Å². The smallest absolute Gasteiger partial charge is 0.462 e. The Balaban J connectivity index is 5.15. The van der Waals surface area contributed by atoms with Crippen molar-refractivity contribution >= 4 is 39.5 Å². The molecule has 2 unspecified atom stereocenters. The molecule has 0 aromatic heterocycles. The van der Waals surface area contributed by atoms with Crippen LogP contribution < -0.4 is 0 Å². The Morgan fingerprint density at radius 1 is 0.290 bits per heavy atom. The van der Waals surface area contributed by atoms with Crippen molar-refractivity contribution in [2.24, 2.45) is 17.8 Å². The third kappa shape index (κ3) is 68.4. The maximum Gasteiger partial charge on any atom is 0.472 e. The van der Waals surface area contributed by atoms with Gasteiger partial charge >= 0.3 is 39.5 Å². The number of esters is 4. The molecule has 0 spiro atoms. The fourth-order valence-electron chi connectivity index (χ4n) is 11.2. The summed E-state index contributed by atoms with van der Waals surface area (Å²) in [6.45, 7) is 11.7. The standard InChI is InChI=1S/C74H144O17P2/c1-8-9-10-11-12-13-14-15-16-17-18-19-20-21-22-23-24-25-28-34-43-50-57-73(78)90-69(61-84-71(76)55-48-41-33-29-26-27-31-38-45-52-65(2)3)63-88-92(80,81)86-59-68(75)60-87-93(82,83)89-64-70(62-85-72(77)56-49-42-37-36-40-47-54-67(6)7)91-74(79)58-51-44-35-30-32-39-46-53-66(4)5/h65-70,75H,8-64H2,1-7H3,(H,80,81)(H,82,83)/t68-,69-,70-/m1/s1. The molecule has 17 nitrogen and oxygen atoms in total. The van der Waals surface area contributed by atoms with Crippen molar-refractivity contribution in [3.63, 3.8) is 0 Å². The lowest BCUT2D eigenvalue weighted by Gasteiger charge is -2.21. The summed E-state index contributed by atoms with van der Waals surface area (Å²) in [5.41, 5.74) is 0. The largest absolute Gasteiger partial charge is 0.472 e. The minimum atomic E-state index is -4.95. The van der Waals surface area contributed by atoms with E-state index in [4.69, 9.17) is 37.0 Å². The predicted octanol–water partition coefficient (Wildman–Crippen LogP) is 21.4. The van der Waals surface area contributed by atoms with Crippen LogP contribution in [0, 0.1) is 17.8 Å². The summed E-state index contributed by atoms with van der Waals surface area (Å²) in [5.74, 6) is -0.00954. The Morgan fingerprint density at radius 2 is 0.495 bits per heavy atom. The number of phosphoric acid groups is 2. The highest BCUT2D eigenvalue weighted by molar-refractivity contribution is 7.47. The quantitative estimate of drug-likeness (QED) is 0.0222. The molecule has 0 aliphatic heterocycles. The molecule has 0 heterocycles. The van der Waals surface area contributed by atoms with E-state index in [0.717, 1.165) is 102 Å². The summed E-state index contributed by atoms with van der Waals surface area (Å²) in [6, 6.07) is 0. The summed E-state index contributed by atoms with van der Waals surface area (Å²) in [7, 11) is -9.90. The van der Waals surface area contributed by atoms with Crippen molar-refractivity contribution in [1.82, 2.24) is 0 Å². The topological polar surface area (TPSA) is 237 Å². The molecule has 3 N–H and O–H groups in total. The van der Waals surface area contributed by atoms with E-state index >= 15 is 0 Å². The lowest BCUT2D eigenvalue weighted by Crippen LogP contribution is -2.30. The number of carbonyl (C=O) groups excluding carboxylic acids is 4. The monoisotopic (exact) mass is 1370 g/mol. The molecule has 19 heteroatoms. The van der Waals surface area contributed by atoms with Crippen LogP contribution in [0.15, 0.2) is 0 Å². The van der Waals surface area contributed by atoms with Crippen LogP contribution in [0.4, 0.5) is 0 Å². The molecule has 0 bridgehead atoms. The molecule has 0 aromatic rings. The molecule has 0 aromatic carbocycles. The Bertz CT molecular complexity index is 1820. The summed E-state index contributed by atoms with van der Waals surface area (Å²) < 4.78 is 68.3. The molecule has 0 saturated carbocycles. The van der Waals surface area contributed by atoms with E-state index in [-0.39, 0.29) is 25.7 Å². The second kappa shape index (κ2) is 64.7. The highest BCUT2D eigenvalue weighted by atomic mass is 31.2. The van der Waals surface area contributed by atoms with Crippen LogP contribution in [0.1, 0.15) is 376 Å². The molecular formula is C74H144O17P2. The van der Waals surface area contributed by atoms with Crippen molar-refractivity contribution in [1.29, 1.82) is 0 Å². The van der Waals surface area contributed by atoms with E-state index < -0.39 is 97.5 Å². The molecule has 0 saturated heterocycles. The highest BCUT2D eigenvalue weighted by Crippen LogP contribution is 2.45. The predicted molar refractivity (Wildman–Crippen MR) is 377 cm³/mol. The number of ether oxygens (including phenoxy) is 4. The highest BCUT2D eigenvalue weighted by Gasteiger charge is 2.30. The Hall–Kier alpha value is -1.94. The molecule has 5 atom stereocenters. The molecule has 0 rings (SSSR count). The van der Waals surface area contributed by atoms with E-state index in [1.165, 1.54) is 180 Å². The third-order valence-electron chi connectivity index (χ3n) is 17.1. The van der Waals surface area contributed by atoms with Gasteiger partial charge in [-0.15, -0.1) is 0 Å². The van der Waals surface area contributed by atoms with Gasteiger partial charge in [0.05, 0.1) is 26.4 Å². The minimum Gasteiger partial charge on any atom is -0.462 e. The Labute approximate surface area is 568 Å². The number of carbonyl (C=O) groups is 4. The van der Waals surface area contributed by atoms with Crippen molar-refractivity contribution in [2.75, 3.05) is 39.6 Å². The normalized spacial score (nSPS) is 14.1. The van der Waals surface area contributed by atoms with Gasteiger partial charge in [-0.1, -0.05) is 325 Å². The first-order chi connectivity index (χ1) is 44.7. The molecular weight excluding hydrogens is 1220 g/mol. The SMILES string of the molecule is CCCCCCCCCCCCCCCCCCCCCCCCC(=O)O[C@H](COC(=O)CCCCCCCCCCCC(C)C)COP(=O)(O)OC[C@@H](O)COP(=O)(O)OC[C@@H](COC(=O)CCCCCCCCC(C)C)OC(=O)CCCCCCCCCC(C)C. The first kappa shape index (κ1) is 91.1. The molecule has 0 radical (unpaired) electrons. The molecule has 0 aliphatic carbocycles. The zero-order valence-electron chi connectivity index (χ0n) is 60.7. The van der Waals surface area contributed by atoms with E-state index in [2.05, 4.69) is 48.5 Å². The number of rotatable bonds is 72. The van der Waals surface area contributed by atoms with Gasteiger partial charge in [-0.3, -0.25) is 37.3 Å². The summed E-state index contributed by atoms with van der Waals surface area (Å²) in [6.07, 6.45) is 50.5. The molecule has 0 aliphatic rings. The zero-order chi connectivity index (χ0) is 68.7. The van der Waals surface area contributed by atoms with E-state index in [9.17, 15) is 43.2 Å². The van der Waals surface area contributed by atoms with Crippen LogP contribution >= 0.6 is 15.6 Å². The average Bonchev–Trinajstić information content (AvgIpc) is 1.39. The molecule has 0 amide bonds. The summed E-state index contributed by atoms with van der Waals surface area (Å²) in [5, 5.41) is 10.6. The lowest BCUT2D eigenvalue weighted by atomic mass is 10.0. The molecule has 0 fully saturated rings. The lowest BCUT2D eigenvalue weighted by molar-refractivity contribution is -0.161. The Morgan fingerprint density at radius 3 is 0.731 bits per heavy atom. The summed E-state index contributed by atoms with van der Waals surface area (Å²) >= 11 is 0. The van der Waals surface area contributed by atoms with Crippen LogP contribution in [0.25, 0.3) is 0 Å². The van der Waals surface area contributed by atoms with Crippen LogP contribution in [-0.2, 0) is 65.4 Å². The van der Waals surface area contributed by atoms with Gasteiger partial charge in [0.1, 0.15) is 19.3 Å². The fraction of sp³-hybridized carbons (Fsp3) is 0.946. The number of aliphatic hydroxyl groups is 1. The van der Waals surface area contributed by atoms with E-state index in [1.54, 1.807) is 0 Å². The third-order valence-corrected chi connectivity index (χ3v) is 19.0. The van der Waals surface area contributed by atoms with Crippen LogP contribution in [0.3, 0.4) is 0 Å². The van der Waals surface area contributed by atoms with Gasteiger partial charge < -0.3 is 33.8 Å². The minimum absolute atomic E-state index is 0.102. The van der Waals surface area contributed by atoms with Gasteiger partial charge in [0, 0.05) is 25.7 Å². The average molecular weight is 1370 g/mol. The number of aliphatic hydroxyl groups excluding tert-OH is 1. The van der Waals surface area contributed by atoms with Crippen molar-refractivity contribution in [2.45, 2.75) is 394 Å². The maximum atomic E-state index is 13.1. The second-order valence-corrected chi connectivity index (χ2v) is 31.0. The van der Waals surface area contributed by atoms with Crippen LogP contribution in [0.5, 0.6) is 0 Å². The second-order valence-electron chi connectivity index (χ2n) is 28.1. The van der Waals surface area contributed by atoms with Gasteiger partial charge in [-0.25, -0.2) is 9.13 Å². The van der Waals surface area contributed by atoms with Gasteiger partial charge in [0.25, 0.3) is 0 Å². The van der Waals surface area contributed by atoms with Gasteiger partial charge in [0.2, 0.25) is 0 Å². The number of hydrogen-bond acceptors (Lipinski definition) is 15.